The van der Waals surface area contributed by atoms with Gasteiger partial charge in [-0.15, -0.1) is 0 Å². The monoisotopic (exact) mass is 251 g/mol. The number of carbonyl (C=O) groups excluding carboxylic acids is 1. The number of methoxy groups -OCH3 is 1. The Balaban J connectivity index is 2.66. The van der Waals surface area contributed by atoms with Gasteiger partial charge in [-0.1, -0.05) is 13.8 Å². The summed E-state index contributed by atoms with van der Waals surface area (Å²) in [5.41, 5.74) is 5.97. The molecule has 0 aliphatic heterocycles. The Morgan fingerprint density at radius 1 is 1.56 bits per heavy atom. The molecule has 100 valence electrons. The van der Waals surface area contributed by atoms with Crippen LogP contribution in [0.1, 0.15) is 30.6 Å². The van der Waals surface area contributed by atoms with E-state index in [9.17, 15) is 4.79 Å². The van der Waals surface area contributed by atoms with E-state index in [2.05, 4.69) is 24.1 Å². The Labute approximate surface area is 108 Å². The summed E-state index contributed by atoms with van der Waals surface area (Å²) in [6, 6.07) is 3.40. The van der Waals surface area contributed by atoms with Gasteiger partial charge < -0.3 is 15.8 Å². The molecule has 0 fully saturated rings. The second-order valence-electron chi connectivity index (χ2n) is 4.95. The van der Waals surface area contributed by atoms with Crippen LogP contribution in [0.4, 0.5) is 0 Å². The van der Waals surface area contributed by atoms with E-state index in [1.807, 2.05) is 0 Å². The van der Waals surface area contributed by atoms with Gasteiger partial charge in [-0.05, 0) is 30.5 Å². The fourth-order valence-corrected chi connectivity index (χ4v) is 1.62. The summed E-state index contributed by atoms with van der Waals surface area (Å²) < 4.78 is 5.05. The topological polar surface area (TPSA) is 77.2 Å². The van der Waals surface area contributed by atoms with Gasteiger partial charge in [0.05, 0.1) is 7.11 Å². The molecule has 0 aromatic carbocycles. The maximum atomic E-state index is 12.0. The lowest BCUT2D eigenvalue weighted by atomic mass is 9.89. The standard InChI is InChI=1S/C13H21N3O2/c1-13(2,6-7-14)9-16-11(17)10-5-4-8-15-12(10)18-3/h4-5,8H,6-7,9,14H2,1-3H3,(H,16,17). The van der Waals surface area contributed by atoms with E-state index in [0.29, 0.717) is 24.5 Å². The van der Waals surface area contributed by atoms with Crippen LogP contribution in [0.15, 0.2) is 18.3 Å². The van der Waals surface area contributed by atoms with Gasteiger partial charge in [-0.2, -0.15) is 0 Å². The lowest BCUT2D eigenvalue weighted by Crippen LogP contribution is -2.35. The molecule has 1 amide bonds. The van der Waals surface area contributed by atoms with Crippen LogP contribution in [0.5, 0.6) is 5.88 Å². The van der Waals surface area contributed by atoms with Crippen molar-refractivity contribution in [2.45, 2.75) is 20.3 Å². The van der Waals surface area contributed by atoms with Crippen molar-refractivity contribution in [3.05, 3.63) is 23.9 Å². The molecule has 18 heavy (non-hydrogen) atoms. The number of nitrogens with two attached hydrogens (primary N) is 1. The van der Waals surface area contributed by atoms with Crippen LogP contribution in [0.25, 0.3) is 0 Å². The molecule has 0 aliphatic rings. The van der Waals surface area contributed by atoms with Crippen LogP contribution in [0.3, 0.4) is 0 Å². The Bertz CT molecular complexity index is 405. The minimum atomic E-state index is -0.176. The van der Waals surface area contributed by atoms with Crippen LogP contribution in [0.2, 0.25) is 0 Å². The molecule has 1 rings (SSSR count). The van der Waals surface area contributed by atoms with Gasteiger partial charge in [0.2, 0.25) is 5.88 Å². The van der Waals surface area contributed by atoms with E-state index in [1.54, 1.807) is 18.3 Å². The summed E-state index contributed by atoms with van der Waals surface area (Å²) >= 11 is 0. The number of nitrogens with zero attached hydrogens (tertiary/aromatic N) is 1. The van der Waals surface area contributed by atoms with Gasteiger partial charge in [0, 0.05) is 12.7 Å². The zero-order valence-electron chi connectivity index (χ0n) is 11.2. The average molecular weight is 251 g/mol. The van der Waals surface area contributed by atoms with Crippen molar-refractivity contribution >= 4 is 5.91 Å². The predicted molar refractivity (Wildman–Crippen MR) is 70.6 cm³/mol. The molecule has 0 saturated heterocycles. The highest BCUT2D eigenvalue weighted by atomic mass is 16.5. The van der Waals surface area contributed by atoms with Crippen molar-refractivity contribution in [2.24, 2.45) is 11.1 Å². The molecule has 1 aromatic heterocycles. The highest BCUT2D eigenvalue weighted by Gasteiger charge is 2.19. The molecule has 0 spiro atoms. The Morgan fingerprint density at radius 3 is 2.89 bits per heavy atom. The molecule has 0 aliphatic carbocycles. The van der Waals surface area contributed by atoms with E-state index in [0.717, 1.165) is 6.42 Å². The van der Waals surface area contributed by atoms with Gasteiger partial charge in [0.25, 0.3) is 5.91 Å². The normalized spacial score (nSPS) is 11.1. The summed E-state index contributed by atoms with van der Waals surface area (Å²) in [6.07, 6.45) is 2.45. The third-order valence-corrected chi connectivity index (χ3v) is 2.76. The molecule has 0 bridgehead atoms. The van der Waals surface area contributed by atoms with Gasteiger partial charge >= 0.3 is 0 Å². The van der Waals surface area contributed by atoms with Crippen molar-refractivity contribution < 1.29 is 9.53 Å². The van der Waals surface area contributed by atoms with Crippen LogP contribution < -0.4 is 15.8 Å². The molecule has 5 heteroatoms. The first-order valence-corrected chi connectivity index (χ1v) is 5.97. The van der Waals surface area contributed by atoms with Gasteiger partial charge in [-0.25, -0.2) is 4.98 Å². The molecule has 0 radical (unpaired) electrons. The summed E-state index contributed by atoms with van der Waals surface area (Å²) in [4.78, 5) is 16.0. The third kappa shape index (κ3) is 4.00. The van der Waals surface area contributed by atoms with Gasteiger partial charge in [0.1, 0.15) is 5.56 Å². The first kappa shape index (κ1) is 14.4. The lowest BCUT2D eigenvalue weighted by molar-refractivity contribution is 0.0931. The molecular formula is C13H21N3O2. The van der Waals surface area contributed by atoms with E-state index >= 15 is 0 Å². The molecule has 0 atom stereocenters. The first-order valence-electron chi connectivity index (χ1n) is 5.97. The summed E-state index contributed by atoms with van der Waals surface area (Å²) in [5, 5.41) is 2.88. The number of nitrogens with one attached hydrogen (secondary N) is 1. The van der Waals surface area contributed by atoms with Crippen molar-refractivity contribution in [3.63, 3.8) is 0 Å². The minimum absolute atomic E-state index is 0.0140. The van der Waals surface area contributed by atoms with E-state index in [-0.39, 0.29) is 11.3 Å². The number of aromatic nitrogens is 1. The van der Waals surface area contributed by atoms with E-state index < -0.39 is 0 Å². The third-order valence-electron chi connectivity index (χ3n) is 2.76. The highest BCUT2D eigenvalue weighted by Crippen LogP contribution is 2.19. The number of amides is 1. The van der Waals surface area contributed by atoms with Crippen molar-refractivity contribution in [2.75, 3.05) is 20.2 Å². The maximum Gasteiger partial charge on any atom is 0.256 e. The largest absolute Gasteiger partial charge is 0.480 e. The smallest absolute Gasteiger partial charge is 0.256 e. The second-order valence-corrected chi connectivity index (χ2v) is 4.95. The Hall–Kier alpha value is -1.62. The molecule has 1 heterocycles. The Kier molecular flexibility index (Phi) is 5.09. The van der Waals surface area contributed by atoms with E-state index in [4.69, 9.17) is 10.5 Å². The fraction of sp³-hybridized carbons (Fsp3) is 0.538. The van der Waals surface area contributed by atoms with Crippen molar-refractivity contribution in [1.29, 1.82) is 0 Å². The number of hydrogen-bond donors (Lipinski definition) is 2. The molecular weight excluding hydrogens is 230 g/mol. The number of rotatable bonds is 6. The number of hydrogen-bond acceptors (Lipinski definition) is 4. The number of ether oxygens (including phenoxy) is 1. The minimum Gasteiger partial charge on any atom is -0.480 e. The lowest BCUT2D eigenvalue weighted by Gasteiger charge is -2.24. The highest BCUT2D eigenvalue weighted by molar-refractivity contribution is 5.96. The molecule has 3 N–H and O–H groups in total. The number of carbonyl (C=O) groups is 1. The molecule has 0 saturated carbocycles. The zero-order chi connectivity index (χ0) is 13.6. The van der Waals surface area contributed by atoms with Gasteiger partial charge in [0.15, 0.2) is 0 Å². The molecule has 5 nitrogen and oxygen atoms in total. The SMILES string of the molecule is COc1ncccc1C(=O)NCC(C)(C)CCN. The molecule has 1 aromatic rings. The molecule has 0 unspecified atom stereocenters. The Morgan fingerprint density at radius 2 is 2.28 bits per heavy atom. The van der Waals surface area contributed by atoms with Crippen molar-refractivity contribution in [1.82, 2.24) is 10.3 Å². The first-order chi connectivity index (χ1) is 8.50. The van der Waals surface area contributed by atoms with Crippen molar-refractivity contribution in [3.8, 4) is 5.88 Å². The summed E-state index contributed by atoms with van der Waals surface area (Å²) in [6.45, 7) is 5.32. The van der Waals surface area contributed by atoms with Gasteiger partial charge in [-0.3, -0.25) is 4.79 Å². The average Bonchev–Trinajstić information content (AvgIpc) is 2.36. The summed E-state index contributed by atoms with van der Waals surface area (Å²) in [7, 11) is 1.50. The van der Waals surface area contributed by atoms with Crippen LogP contribution in [-0.2, 0) is 0 Å². The quantitative estimate of drug-likeness (QED) is 0.796. The summed E-state index contributed by atoms with van der Waals surface area (Å²) in [5.74, 6) is 0.164. The number of pyridine rings is 1. The fourth-order valence-electron chi connectivity index (χ4n) is 1.62. The van der Waals surface area contributed by atoms with Crippen LogP contribution >= 0.6 is 0 Å². The second kappa shape index (κ2) is 6.35. The van der Waals surface area contributed by atoms with E-state index in [1.165, 1.54) is 7.11 Å². The zero-order valence-corrected chi connectivity index (χ0v) is 11.2. The predicted octanol–water partition coefficient (Wildman–Crippen LogP) is 1.19. The van der Waals surface area contributed by atoms with Crippen LogP contribution in [-0.4, -0.2) is 31.1 Å². The maximum absolute atomic E-state index is 12.0. The van der Waals surface area contributed by atoms with Crippen LogP contribution in [0, 0.1) is 5.41 Å².